The lowest BCUT2D eigenvalue weighted by molar-refractivity contribution is -0.132. The molecule has 0 unspecified atom stereocenters. The van der Waals surface area contributed by atoms with Crippen LogP contribution in [0.2, 0.25) is 0 Å². The Morgan fingerprint density at radius 1 is 0.952 bits per heavy atom. The third-order valence-electron chi connectivity index (χ3n) is 8.49. The molecule has 6 nitrogen and oxygen atoms in total. The van der Waals surface area contributed by atoms with E-state index in [0.29, 0.717) is 38.6 Å². The van der Waals surface area contributed by atoms with Gasteiger partial charge in [0.2, 0.25) is 5.91 Å². The first-order valence-electron chi connectivity index (χ1n) is 15.1. The zero-order valence-corrected chi connectivity index (χ0v) is 25.3. The summed E-state index contributed by atoms with van der Waals surface area (Å²) in [6.07, 6.45) is 2.31. The van der Waals surface area contributed by atoms with Crippen molar-refractivity contribution in [1.29, 1.82) is 0 Å². The average molecular weight is 566 g/mol. The molecule has 2 atom stereocenters. The fourth-order valence-corrected chi connectivity index (χ4v) is 6.00. The van der Waals surface area contributed by atoms with Gasteiger partial charge in [0.15, 0.2) is 0 Å². The van der Waals surface area contributed by atoms with E-state index in [2.05, 4.69) is 73.8 Å². The van der Waals surface area contributed by atoms with Crippen molar-refractivity contribution < 1.29 is 14.3 Å². The number of rotatable bonds is 10. The van der Waals surface area contributed by atoms with Crippen LogP contribution in [0.25, 0.3) is 5.57 Å². The molecule has 220 valence electrons. The first-order valence-corrected chi connectivity index (χ1v) is 15.1. The second kappa shape index (κ2) is 13.4. The van der Waals surface area contributed by atoms with Crippen molar-refractivity contribution in [2.75, 3.05) is 33.3 Å². The van der Waals surface area contributed by atoms with Crippen LogP contribution in [0, 0.1) is 0 Å². The number of hydrogen-bond donors (Lipinski definition) is 1. The van der Waals surface area contributed by atoms with Gasteiger partial charge in [0, 0.05) is 51.6 Å². The number of nitrogens with zero attached hydrogens (tertiary/aromatic N) is 2. The topological polar surface area (TPSA) is 61.9 Å². The van der Waals surface area contributed by atoms with Crippen molar-refractivity contribution in [1.82, 2.24) is 15.1 Å². The lowest BCUT2D eigenvalue weighted by Crippen LogP contribution is -2.61. The number of benzene rings is 3. The van der Waals surface area contributed by atoms with Gasteiger partial charge in [-0.05, 0) is 58.7 Å². The molecule has 2 aliphatic rings. The van der Waals surface area contributed by atoms with Crippen molar-refractivity contribution in [3.63, 3.8) is 0 Å². The van der Waals surface area contributed by atoms with Gasteiger partial charge in [-0.15, -0.1) is 0 Å². The number of hydrogen-bond acceptors (Lipinski definition) is 4. The monoisotopic (exact) mass is 565 g/mol. The zero-order valence-electron chi connectivity index (χ0n) is 25.3. The quantitative estimate of drug-likeness (QED) is 0.354. The lowest BCUT2D eigenvalue weighted by atomic mass is 9.82. The molecule has 6 heteroatoms. The highest BCUT2D eigenvalue weighted by atomic mass is 16.5. The molecule has 0 radical (unpaired) electrons. The number of piperazine rings is 1. The summed E-state index contributed by atoms with van der Waals surface area (Å²) in [5.41, 5.74) is 6.65. The van der Waals surface area contributed by atoms with Gasteiger partial charge in [-0.2, -0.15) is 0 Å². The van der Waals surface area contributed by atoms with E-state index in [4.69, 9.17) is 4.74 Å². The summed E-state index contributed by atoms with van der Waals surface area (Å²) in [7, 11) is 1.88. The van der Waals surface area contributed by atoms with Gasteiger partial charge >= 0.3 is 0 Å². The molecule has 2 bridgehead atoms. The van der Waals surface area contributed by atoms with Crippen LogP contribution in [-0.4, -0.2) is 67.0 Å². The second-order valence-corrected chi connectivity index (χ2v) is 11.9. The highest BCUT2D eigenvalue weighted by Crippen LogP contribution is 2.34. The molecule has 3 aromatic rings. The number of fused-ring (bicyclic) bond motifs is 2. The first-order chi connectivity index (χ1) is 20.3. The van der Waals surface area contributed by atoms with Gasteiger partial charge < -0.3 is 19.9 Å². The minimum atomic E-state index is -0.183. The Labute approximate surface area is 250 Å². The van der Waals surface area contributed by atoms with Gasteiger partial charge in [-0.25, -0.2) is 0 Å². The molecular formula is C36H43N3O3. The van der Waals surface area contributed by atoms with Crippen LogP contribution in [0.15, 0.2) is 84.4 Å². The van der Waals surface area contributed by atoms with Crippen molar-refractivity contribution in [2.45, 2.75) is 58.0 Å². The highest BCUT2D eigenvalue weighted by molar-refractivity contribution is 6.03. The summed E-state index contributed by atoms with van der Waals surface area (Å²) >= 11 is 0. The largest absolute Gasteiger partial charge is 0.493 e. The van der Waals surface area contributed by atoms with Crippen molar-refractivity contribution in [3.8, 4) is 5.75 Å². The second-order valence-electron chi connectivity index (χ2n) is 11.9. The van der Waals surface area contributed by atoms with Crippen LogP contribution < -0.4 is 10.1 Å². The van der Waals surface area contributed by atoms with E-state index < -0.39 is 0 Å². The van der Waals surface area contributed by atoms with Crippen LogP contribution in [-0.2, 0) is 22.4 Å². The molecule has 2 heterocycles. The summed E-state index contributed by atoms with van der Waals surface area (Å²) in [4.78, 5) is 30.0. The molecule has 0 spiro atoms. The maximum Gasteiger partial charge on any atom is 0.251 e. The van der Waals surface area contributed by atoms with E-state index in [1.165, 1.54) is 16.7 Å². The zero-order chi connectivity index (χ0) is 29.6. The van der Waals surface area contributed by atoms with Gasteiger partial charge in [0.25, 0.3) is 5.91 Å². The number of carbonyl (C=O) groups excluding carboxylic acids is 2. The van der Waals surface area contributed by atoms with E-state index >= 15 is 0 Å². The Morgan fingerprint density at radius 3 is 2.40 bits per heavy atom. The maximum absolute atomic E-state index is 14.0. The fourth-order valence-electron chi connectivity index (χ4n) is 6.00. The third kappa shape index (κ3) is 7.11. The smallest absolute Gasteiger partial charge is 0.251 e. The number of carbonyl (C=O) groups is 2. The summed E-state index contributed by atoms with van der Waals surface area (Å²) in [5, 5.41) is 3.65. The van der Waals surface area contributed by atoms with Gasteiger partial charge in [-0.3, -0.25) is 9.59 Å². The normalized spacial score (nSPS) is 18.3. The van der Waals surface area contributed by atoms with Crippen LogP contribution >= 0.6 is 0 Å². The van der Waals surface area contributed by atoms with Crippen molar-refractivity contribution in [3.05, 3.63) is 107 Å². The van der Waals surface area contributed by atoms with Crippen LogP contribution in [0.1, 0.15) is 55.4 Å². The summed E-state index contributed by atoms with van der Waals surface area (Å²) in [5.74, 6) is 1.46. The van der Waals surface area contributed by atoms with E-state index in [-0.39, 0.29) is 23.9 Å². The Morgan fingerprint density at radius 2 is 1.69 bits per heavy atom. The van der Waals surface area contributed by atoms with E-state index in [1.807, 2.05) is 41.1 Å². The van der Waals surface area contributed by atoms with Crippen LogP contribution in [0.4, 0.5) is 0 Å². The molecule has 3 aromatic carbocycles. The number of amides is 2. The standard InChI is InChI=1S/C36H43N3O3/c1-25(2)30-11-8-12-32(21-30)42-20-18-28-13-15-29(16-14-28)33-22-31-23-39(26(3)40)24-34(37-31)35(33)36(41)38(4)19-17-27-9-6-5-7-10-27/h5-16,21,25,31,34,37H,17-20,22-24H2,1-4H3/t31-,34-/m1/s1. The lowest BCUT2D eigenvalue weighted by Gasteiger charge is -2.44. The van der Waals surface area contributed by atoms with Crippen molar-refractivity contribution in [2.24, 2.45) is 0 Å². The molecule has 0 saturated carbocycles. The molecule has 0 aromatic heterocycles. The Bertz CT molecular complexity index is 1410. The molecule has 2 amide bonds. The van der Waals surface area contributed by atoms with Gasteiger partial charge in [0.1, 0.15) is 5.75 Å². The first kappa shape index (κ1) is 29.6. The fraction of sp³-hybridized carbons (Fsp3) is 0.389. The highest BCUT2D eigenvalue weighted by Gasteiger charge is 2.39. The maximum atomic E-state index is 14.0. The molecule has 5 rings (SSSR count). The predicted octanol–water partition coefficient (Wildman–Crippen LogP) is 5.48. The Kier molecular flexibility index (Phi) is 9.43. The number of nitrogens with one attached hydrogen (secondary N) is 1. The van der Waals surface area contributed by atoms with E-state index in [0.717, 1.165) is 35.3 Å². The third-order valence-corrected chi connectivity index (χ3v) is 8.49. The minimum Gasteiger partial charge on any atom is -0.493 e. The Balaban J connectivity index is 1.32. The Hall–Kier alpha value is -3.90. The molecule has 0 aliphatic carbocycles. The summed E-state index contributed by atoms with van der Waals surface area (Å²) in [6.45, 7) is 8.40. The molecule has 1 fully saturated rings. The average Bonchev–Trinajstić information content (AvgIpc) is 3.00. The molecule has 1 saturated heterocycles. The molecule has 1 N–H and O–H groups in total. The van der Waals surface area contributed by atoms with Gasteiger partial charge in [0.05, 0.1) is 12.6 Å². The van der Waals surface area contributed by atoms with Crippen molar-refractivity contribution >= 4 is 17.4 Å². The molecule has 42 heavy (non-hydrogen) atoms. The summed E-state index contributed by atoms with van der Waals surface area (Å²) < 4.78 is 6.06. The van der Waals surface area contributed by atoms with Crippen LogP contribution in [0.5, 0.6) is 5.75 Å². The predicted molar refractivity (Wildman–Crippen MR) is 168 cm³/mol. The van der Waals surface area contributed by atoms with E-state index in [9.17, 15) is 9.59 Å². The van der Waals surface area contributed by atoms with E-state index in [1.54, 1.807) is 6.92 Å². The molecule has 2 aliphatic heterocycles. The molecular weight excluding hydrogens is 522 g/mol. The number of ether oxygens (including phenoxy) is 1. The SMILES string of the molecule is CC(=O)N1C[C@H]2CC(c3ccc(CCOc4cccc(C(C)C)c4)cc3)=C(C(=O)N(C)CCc3ccccc3)[C@@H](C1)N2. The van der Waals surface area contributed by atoms with Gasteiger partial charge in [-0.1, -0.05) is 80.6 Å². The minimum absolute atomic E-state index is 0.0309. The number of likely N-dealkylation sites (N-methyl/N-ethyl adjacent to an activating group) is 1. The van der Waals surface area contributed by atoms with Crippen LogP contribution in [0.3, 0.4) is 0 Å². The summed E-state index contributed by atoms with van der Waals surface area (Å²) in [6, 6.07) is 27.1.